The molecule has 0 fully saturated rings. The van der Waals surface area contributed by atoms with Crippen molar-refractivity contribution in [1.82, 2.24) is 4.98 Å². The van der Waals surface area contributed by atoms with Crippen LogP contribution in [0.2, 0.25) is 0 Å². The van der Waals surface area contributed by atoms with Gasteiger partial charge < -0.3 is 0 Å². The molecule has 0 saturated carbocycles. The van der Waals surface area contributed by atoms with Crippen LogP contribution in [-0.2, 0) is 0 Å². The van der Waals surface area contributed by atoms with Crippen LogP contribution in [0.15, 0.2) is 67.0 Å². The van der Waals surface area contributed by atoms with E-state index in [0.717, 1.165) is 0 Å². The van der Waals surface area contributed by atoms with Crippen LogP contribution in [-0.4, -0.2) is 4.98 Å². The average Bonchev–Trinajstić information content (AvgIpc) is 2.86. The van der Waals surface area contributed by atoms with Gasteiger partial charge in [0.2, 0.25) is 0 Å². The van der Waals surface area contributed by atoms with E-state index in [4.69, 9.17) is 0 Å². The maximum atomic E-state index is 4.07. The average molecular weight is 261 g/mol. The molecule has 2 heterocycles. The first-order chi connectivity index (χ1) is 9.42. The van der Waals surface area contributed by atoms with E-state index in [0.29, 0.717) is 0 Å². The summed E-state index contributed by atoms with van der Waals surface area (Å²) < 4.78 is 2.69. The Labute approximate surface area is 115 Å². The Morgan fingerprint density at radius 3 is 2.37 bits per heavy atom. The van der Waals surface area contributed by atoms with E-state index in [-0.39, 0.29) is 0 Å². The molecule has 0 aliphatic carbocycles. The van der Waals surface area contributed by atoms with Gasteiger partial charge in [-0.05, 0) is 35.4 Å². The standard InChI is InChI=1S/C17H11NS/c1-2-4-16-14(3-1)15-6-5-13(11-17(15)19-16)12-7-9-18-10-8-12/h1-11H. The van der Waals surface area contributed by atoms with Crippen molar-refractivity contribution < 1.29 is 0 Å². The molecule has 0 saturated heterocycles. The van der Waals surface area contributed by atoms with Crippen LogP contribution < -0.4 is 0 Å². The molecule has 2 aromatic carbocycles. The zero-order valence-electron chi connectivity index (χ0n) is 10.2. The highest BCUT2D eigenvalue weighted by Gasteiger charge is 2.05. The molecule has 0 unspecified atom stereocenters. The molecule has 0 bridgehead atoms. The highest BCUT2D eigenvalue weighted by atomic mass is 32.1. The lowest BCUT2D eigenvalue weighted by molar-refractivity contribution is 1.33. The Balaban J connectivity index is 1.99. The lowest BCUT2D eigenvalue weighted by atomic mass is 10.0. The van der Waals surface area contributed by atoms with Crippen molar-refractivity contribution in [3.8, 4) is 11.1 Å². The normalized spacial score (nSPS) is 11.2. The van der Waals surface area contributed by atoms with Crippen molar-refractivity contribution in [2.75, 3.05) is 0 Å². The fourth-order valence-corrected chi connectivity index (χ4v) is 3.60. The highest BCUT2D eigenvalue weighted by molar-refractivity contribution is 7.25. The minimum atomic E-state index is 1.22. The van der Waals surface area contributed by atoms with Crippen molar-refractivity contribution in [1.29, 1.82) is 0 Å². The van der Waals surface area contributed by atoms with E-state index in [1.165, 1.54) is 31.3 Å². The molecule has 19 heavy (non-hydrogen) atoms. The van der Waals surface area contributed by atoms with E-state index in [2.05, 4.69) is 59.6 Å². The molecule has 4 aromatic rings. The van der Waals surface area contributed by atoms with Gasteiger partial charge in [-0.3, -0.25) is 4.98 Å². The van der Waals surface area contributed by atoms with Crippen LogP contribution in [0.1, 0.15) is 0 Å². The first kappa shape index (κ1) is 10.7. The third-order valence-corrected chi connectivity index (χ3v) is 4.53. The molecule has 0 N–H and O–H groups in total. The second-order valence-electron chi connectivity index (χ2n) is 4.55. The molecule has 4 rings (SSSR count). The first-order valence-corrected chi connectivity index (χ1v) is 7.05. The van der Waals surface area contributed by atoms with Crippen molar-refractivity contribution in [3.63, 3.8) is 0 Å². The van der Waals surface area contributed by atoms with E-state index >= 15 is 0 Å². The van der Waals surface area contributed by atoms with Crippen LogP contribution in [0.5, 0.6) is 0 Å². The van der Waals surface area contributed by atoms with Gasteiger partial charge in [0.05, 0.1) is 0 Å². The molecule has 1 nitrogen and oxygen atoms in total. The molecule has 90 valence electrons. The van der Waals surface area contributed by atoms with Crippen LogP contribution in [0.4, 0.5) is 0 Å². The molecule has 0 radical (unpaired) electrons. The van der Waals surface area contributed by atoms with Crippen molar-refractivity contribution in [2.45, 2.75) is 0 Å². The Morgan fingerprint density at radius 2 is 1.47 bits per heavy atom. The minimum absolute atomic E-state index is 1.22. The maximum absolute atomic E-state index is 4.07. The number of pyridine rings is 1. The van der Waals surface area contributed by atoms with Crippen LogP contribution in [0, 0.1) is 0 Å². The number of hydrogen-bond acceptors (Lipinski definition) is 2. The minimum Gasteiger partial charge on any atom is -0.265 e. The number of aromatic nitrogens is 1. The second kappa shape index (κ2) is 4.18. The highest BCUT2D eigenvalue weighted by Crippen LogP contribution is 2.35. The van der Waals surface area contributed by atoms with Gasteiger partial charge in [-0.2, -0.15) is 0 Å². The lowest BCUT2D eigenvalue weighted by Crippen LogP contribution is -1.77. The Bertz CT molecular complexity index is 862. The van der Waals surface area contributed by atoms with Gasteiger partial charge in [-0.15, -0.1) is 11.3 Å². The van der Waals surface area contributed by atoms with E-state index in [1.807, 2.05) is 23.7 Å². The van der Waals surface area contributed by atoms with Crippen molar-refractivity contribution in [3.05, 3.63) is 67.0 Å². The summed E-state index contributed by atoms with van der Waals surface area (Å²) in [5.74, 6) is 0. The smallest absolute Gasteiger partial charge is 0.0361 e. The summed E-state index contributed by atoms with van der Waals surface area (Å²) in [5.41, 5.74) is 2.47. The summed E-state index contributed by atoms with van der Waals surface area (Å²) in [6.45, 7) is 0. The molecule has 2 heteroatoms. The SMILES string of the molecule is c1ccc2c(c1)sc1cc(-c3ccncc3)ccc12. The van der Waals surface area contributed by atoms with Gasteiger partial charge >= 0.3 is 0 Å². The molecule has 0 spiro atoms. The summed E-state index contributed by atoms with van der Waals surface area (Å²) in [5, 5.41) is 2.70. The summed E-state index contributed by atoms with van der Waals surface area (Å²) >= 11 is 1.85. The Kier molecular flexibility index (Phi) is 2.35. The van der Waals surface area contributed by atoms with Crippen LogP contribution in [0.3, 0.4) is 0 Å². The van der Waals surface area contributed by atoms with Gasteiger partial charge in [0.25, 0.3) is 0 Å². The zero-order chi connectivity index (χ0) is 12.7. The van der Waals surface area contributed by atoms with Crippen LogP contribution >= 0.6 is 11.3 Å². The number of benzene rings is 2. The van der Waals surface area contributed by atoms with Crippen molar-refractivity contribution in [2.24, 2.45) is 0 Å². The fourth-order valence-electron chi connectivity index (χ4n) is 2.45. The fraction of sp³-hybridized carbons (Fsp3) is 0. The summed E-state index contributed by atoms with van der Waals surface area (Å²) in [7, 11) is 0. The van der Waals surface area contributed by atoms with E-state index in [1.54, 1.807) is 0 Å². The van der Waals surface area contributed by atoms with Crippen molar-refractivity contribution >= 4 is 31.5 Å². The van der Waals surface area contributed by atoms with Gasteiger partial charge in [0.15, 0.2) is 0 Å². The largest absolute Gasteiger partial charge is 0.265 e. The topological polar surface area (TPSA) is 12.9 Å². The maximum Gasteiger partial charge on any atom is 0.0361 e. The molecular weight excluding hydrogens is 250 g/mol. The molecule has 2 aromatic heterocycles. The summed E-state index contributed by atoms with van der Waals surface area (Å²) in [4.78, 5) is 4.07. The monoisotopic (exact) mass is 261 g/mol. The lowest BCUT2D eigenvalue weighted by Gasteiger charge is -2.00. The van der Waals surface area contributed by atoms with Gasteiger partial charge in [0, 0.05) is 32.6 Å². The third kappa shape index (κ3) is 1.72. The van der Waals surface area contributed by atoms with Gasteiger partial charge in [-0.1, -0.05) is 30.3 Å². The third-order valence-electron chi connectivity index (χ3n) is 3.39. The van der Waals surface area contributed by atoms with Gasteiger partial charge in [0.1, 0.15) is 0 Å². The van der Waals surface area contributed by atoms with Gasteiger partial charge in [-0.25, -0.2) is 0 Å². The first-order valence-electron chi connectivity index (χ1n) is 6.23. The molecule has 0 aliphatic rings. The molecule has 0 aliphatic heterocycles. The number of hydrogen-bond donors (Lipinski definition) is 0. The number of fused-ring (bicyclic) bond motifs is 3. The quantitative estimate of drug-likeness (QED) is 0.463. The zero-order valence-corrected chi connectivity index (χ0v) is 11.0. The van der Waals surface area contributed by atoms with E-state index < -0.39 is 0 Å². The van der Waals surface area contributed by atoms with Crippen LogP contribution in [0.25, 0.3) is 31.3 Å². The predicted molar refractivity (Wildman–Crippen MR) is 82.6 cm³/mol. The molecule has 0 amide bonds. The summed E-state index contributed by atoms with van der Waals surface area (Å²) in [6, 6.07) is 19.4. The number of nitrogens with zero attached hydrogens (tertiary/aromatic N) is 1. The van der Waals surface area contributed by atoms with E-state index in [9.17, 15) is 0 Å². The predicted octanol–water partition coefficient (Wildman–Crippen LogP) is 5.12. The summed E-state index contributed by atoms with van der Waals surface area (Å²) in [6.07, 6.45) is 3.68. The second-order valence-corrected chi connectivity index (χ2v) is 5.63. The number of rotatable bonds is 1. The number of thiophene rings is 1. The Morgan fingerprint density at radius 1 is 0.684 bits per heavy atom. The Hall–Kier alpha value is -2.19. The molecule has 0 atom stereocenters. The molecular formula is C17H11NS.